The summed E-state index contributed by atoms with van der Waals surface area (Å²) >= 11 is 0. The van der Waals surface area contributed by atoms with E-state index in [1.165, 1.54) is 0 Å². The van der Waals surface area contributed by atoms with Gasteiger partial charge in [-0.25, -0.2) is 0 Å². The quantitative estimate of drug-likeness (QED) is 0.538. The summed E-state index contributed by atoms with van der Waals surface area (Å²) in [6, 6.07) is 0. The van der Waals surface area contributed by atoms with Crippen LogP contribution in [0.4, 0.5) is 0 Å². The van der Waals surface area contributed by atoms with E-state index >= 15 is 0 Å². The summed E-state index contributed by atoms with van der Waals surface area (Å²) in [7, 11) is 1.84. The molecule has 0 aromatic heterocycles. The van der Waals surface area contributed by atoms with Gasteiger partial charge in [-0.1, -0.05) is 0 Å². The smallest absolute Gasteiger partial charge is 0.104 e. The molecule has 3 heteroatoms. The summed E-state index contributed by atoms with van der Waals surface area (Å²) in [5, 5.41) is 12.0. The van der Waals surface area contributed by atoms with E-state index in [1.54, 1.807) is 0 Å². The lowest BCUT2D eigenvalue weighted by molar-refractivity contribution is 0.149. The van der Waals surface area contributed by atoms with Crippen LogP contribution in [0.5, 0.6) is 0 Å². The lowest BCUT2D eigenvalue weighted by Gasteiger charge is -2.24. The van der Waals surface area contributed by atoms with Crippen LogP contribution in [0.3, 0.4) is 0 Å². The zero-order valence-electron chi connectivity index (χ0n) is 6.72. The zero-order chi connectivity index (χ0) is 7.78. The Bertz CT molecular complexity index is 123. The third kappa shape index (κ3) is 1.17. The summed E-state index contributed by atoms with van der Waals surface area (Å²) in [5.41, 5.74) is -0.251. The molecule has 60 valence electrons. The van der Waals surface area contributed by atoms with E-state index in [1.807, 2.05) is 20.9 Å². The maximum Gasteiger partial charge on any atom is 0.104 e. The maximum atomic E-state index is 8.97. The number of aliphatic hydroxyl groups excluding tert-OH is 1. The van der Waals surface area contributed by atoms with Crippen LogP contribution in [0.2, 0.25) is 0 Å². The van der Waals surface area contributed by atoms with Gasteiger partial charge in [0, 0.05) is 0 Å². The second-order valence-corrected chi connectivity index (χ2v) is 3.09. The van der Waals surface area contributed by atoms with E-state index in [9.17, 15) is 0 Å². The maximum absolute atomic E-state index is 8.97. The van der Waals surface area contributed by atoms with Crippen molar-refractivity contribution in [1.82, 2.24) is 5.32 Å². The van der Waals surface area contributed by atoms with Crippen LogP contribution in [-0.4, -0.2) is 36.5 Å². The van der Waals surface area contributed by atoms with Crippen molar-refractivity contribution in [3.63, 3.8) is 0 Å². The Morgan fingerprint density at radius 2 is 2.20 bits per heavy atom. The Hall–Kier alpha value is -0.120. The zero-order valence-corrected chi connectivity index (χ0v) is 6.72. The molecule has 3 atom stereocenters. The van der Waals surface area contributed by atoms with Crippen molar-refractivity contribution in [3.8, 4) is 0 Å². The predicted octanol–water partition coefficient (Wildman–Crippen LogP) is -0.256. The summed E-state index contributed by atoms with van der Waals surface area (Å²) in [5.74, 6) is 0. The van der Waals surface area contributed by atoms with Gasteiger partial charge in [-0.15, -0.1) is 0 Å². The van der Waals surface area contributed by atoms with Crippen molar-refractivity contribution in [2.45, 2.75) is 31.6 Å². The van der Waals surface area contributed by atoms with E-state index in [2.05, 4.69) is 5.32 Å². The van der Waals surface area contributed by atoms with Crippen molar-refractivity contribution in [3.05, 3.63) is 0 Å². The second-order valence-electron chi connectivity index (χ2n) is 3.09. The van der Waals surface area contributed by atoms with Gasteiger partial charge in [0.15, 0.2) is 0 Å². The van der Waals surface area contributed by atoms with Gasteiger partial charge < -0.3 is 15.2 Å². The fourth-order valence-corrected chi connectivity index (χ4v) is 1.17. The second kappa shape index (κ2) is 2.49. The first-order valence-electron chi connectivity index (χ1n) is 3.59. The minimum atomic E-state index is -0.251. The topological polar surface area (TPSA) is 44.8 Å². The summed E-state index contributed by atoms with van der Waals surface area (Å²) in [6.45, 7) is 4.09. The molecule has 1 aliphatic heterocycles. The molecule has 0 aromatic rings. The molecule has 0 amide bonds. The molecule has 10 heavy (non-hydrogen) atoms. The molecule has 0 aliphatic carbocycles. The largest absolute Gasteiger partial charge is 0.394 e. The van der Waals surface area contributed by atoms with Crippen LogP contribution in [0.1, 0.15) is 13.8 Å². The minimum absolute atomic E-state index is 0.124. The van der Waals surface area contributed by atoms with Crippen molar-refractivity contribution in [1.29, 1.82) is 0 Å². The Morgan fingerprint density at radius 3 is 2.30 bits per heavy atom. The SMILES string of the molecule is CNC(C)(CO)[C@@H]1OC1C. The Morgan fingerprint density at radius 1 is 1.70 bits per heavy atom. The summed E-state index contributed by atoms with van der Waals surface area (Å²) in [6.07, 6.45) is 0.479. The summed E-state index contributed by atoms with van der Waals surface area (Å²) in [4.78, 5) is 0. The van der Waals surface area contributed by atoms with Gasteiger partial charge in [0.1, 0.15) is 6.10 Å². The molecule has 1 aliphatic rings. The fourth-order valence-electron chi connectivity index (χ4n) is 1.17. The monoisotopic (exact) mass is 145 g/mol. The number of rotatable bonds is 3. The molecular weight excluding hydrogens is 130 g/mol. The van der Waals surface area contributed by atoms with Crippen LogP contribution in [0.15, 0.2) is 0 Å². The molecular formula is C7H15NO2. The molecule has 1 fully saturated rings. The molecule has 2 unspecified atom stereocenters. The highest BCUT2D eigenvalue weighted by molar-refractivity contribution is 5.01. The highest BCUT2D eigenvalue weighted by Gasteiger charge is 2.48. The third-order valence-electron chi connectivity index (χ3n) is 2.24. The lowest BCUT2D eigenvalue weighted by atomic mass is 9.97. The highest BCUT2D eigenvalue weighted by atomic mass is 16.6. The number of ether oxygens (including phenoxy) is 1. The molecule has 1 rings (SSSR count). The number of nitrogens with one attached hydrogen (secondary N) is 1. The van der Waals surface area contributed by atoms with Crippen LogP contribution in [0, 0.1) is 0 Å². The van der Waals surface area contributed by atoms with Crippen LogP contribution < -0.4 is 5.32 Å². The van der Waals surface area contributed by atoms with E-state index in [0.29, 0.717) is 6.10 Å². The van der Waals surface area contributed by atoms with E-state index in [-0.39, 0.29) is 18.2 Å². The van der Waals surface area contributed by atoms with E-state index < -0.39 is 0 Å². The van der Waals surface area contributed by atoms with E-state index in [0.717, 1.165) is 0 Å². The van der Waals surface area contributed by atoms with Gasteiger partial charge in [-0.2, -0.15) is 0 Å². The number of hydrogen-bond donors (Lipinski definition) is 2. The number of aliphatic hydroxyl groups is 1. The molecule has 0 spiro atoms. The van der Waals surface area contributed by atoms with Gasteiger partial charge in [0.2, 0.25) is 0 Å². The number of likely N-dealkylation sites (N-methyl/N-ethyl adjacent to an activating group) is 1. The molecule has 1 saturated heterocycles. The highest BCUT2D eigenvalue weighted by Crippen LogP contribution is 2.31. The predicted molar refractivity (Wildman–Crippen MR) is 38.9 cm³/mol. The van der Waals surface area contributed by atoms with Gasteiger partial charge >= 0.3 is 0 Å². The third-order valence-corrected chi connectivity index (χ3v) is 2.24. The fraction of sp³-hybridized carbons (Fsp3) is 1.00. The first-order valence-corrected chi connectivity index (χ1v) is 3.59. The molecule has 2 N–H and O–H groups in total. The first kappa shape index (κ1) is 7.98. The minimum Gasteiger partial charge on any atom is -0.394 e. The molecule has 0 bridgehead atoms. The van der Waals surface area contributed by atoms with Crippen LogP contribution >= 0.6 is 0 Å². The average molecular weight is 145 g/mol. The Labute approximate surface area is 61.4 Å². The van der Waals surface area contributed by atoms with Gasteiger partial charge in [0.25, 0.3) is 0 Å². The number of hydrogen-bond acceptors (Lipinski definition) is 3. The van der Waals surface area contributed by atoms with Crippen molar-refractivity contribution >= 4 is 0 Å². The van der Waals surface area contributed by atoms with Crippen molar-refractivity contribution in [2.75, 3.05) is 13.7 Å². The van der Waals surface area contributed by atoms with E-state index in [4.69, 9.17) is 9.84 Å². The van der Waals surface area contributed by atoms with Crippen molar-refractivity contribution in [2.24, 2.45) is 0 Å². The molecule has 3 nitrogen and oxygen atoms in total. The number of epoxide rings is 1. The van der Waals surface area contributed by atoms with Gasteiger partial charge in [-0.05, 0) is 20.9 Å². The van der Waals surface area contributed by atoms with Crippen LogP contribution in [0.25, 0.3) is 0 Å². The Balaban J connectivity index is 2.48. The van der Waals surface area contributed by atoms with Crippen LogP contribution in [-0.2, 0) is 4.74 Å². The average Bonchev–Trinajstić information content (AvgIpc) is 2.66. The Kier molecular flexibility index (Phi) is 1.99. The van der Waals surface area contributed by atoms with Gasteiger partial charge in [0.05, 0.1) is 18.2 Å². The standard InChI is InChI=1S/C7H15NO2/c1-5-6(10-5)7(2,4-9)8-3/h5-6,8-9H,4H2,1-3H3/t5?,6-,7?/m1/s1. The van der Waals surface area contributed by atoms with Crippen molar-refractivity contribution < 1.29 is 9.84 Å². The first-order chi connectivity index (χ1) is 4.64. The normalized spacial score (nSPS) is 37.2. The lowest BCUT2D eigenvalue weighted by Crippen LogP contribution is -2.49. The van der Waals surface area contributed by atoms with Gasteiger partial charge in [-0.3, -0.25) is 0 Å². The molecule has 0 saturated carbocycles. The summed E-state index contributed by atoms with van der Waals surface area (Å²) < 4.78 is 5.24. The molecule has 0 aromatic carbocycles. The molecule has 1 heterocycles. The molecule has 0 radical (unpaired) electrons.